The molecule has 1 N–H and O–H groups in total. The van der Waals surface area contributed by atoms with Crippen LogP contribution in [0.1, 0.15) is 83.3 Å². The van der Waals surface area contributed by atoms with Crippen LogP contribution in [0.25, 0.3) is 0 Å². The Morgan fingerprint density at radius 3 is 1.90 bits per heavy atom. The van der Waals surface area contributed by atoms with Gasteiger partial charge in [0.2, 0.25) is 0 Å². The quantitative estimate of drug-likeness (QED) is 0.513. The average molecular weight is 416 g/mol. The second kappa shape index (κ2) is 8.64. The van der Waals surface area contributed by atoms with Crippen LogP contribution in [-0.4, -0.2) is 22.4 Å². The number of nitrogens with zero attached hydrogens (tertiary/aromatic N) is 1. The van der Waals surface area contributed by atoms with Crippen molar-refractivity contribution in [2.24, 2.45) is 0 Å². The Bertz CT molecular complexity index is 833. The molecule has 0 saturated carbocycles. The summed E-state index contributed by atoms with van der Waals surface area (Å²) >= 11 is 0. The molecule has 1 unspecified atom stereocenters. The van der Waals surface area contributed by atoms with Crippen LogP contribution >= 0.6 is 7.14 Å². The lowest BCUT2D eigenvalue weighted by molar-refractivity contribution is 0.422. The maximum Gasteiger partial charge on any atom is 0.123 e. The zero-order chi connectivity index (χ0) is 22.0. The zero-order valence-corrected chi connectivity index (χ0v) is 20.3. The minimum absolute atomic E-state index is 0.0792. The fourth-order valence-electron chi connectivity index (χ4n) is 3.96. The molecule has 0 saturated heterocycles. The van der Waals surface area contributed by atoms with Crippen molar-refractivity contribution in [2.75, 3.05) is 12.3 Å². The summed E-state index contributed by atoms with van der Waals surface area (Å²) in [6, 6.07) is 8.20. The molecule has 1 aromatic heterocycles. The van der Waals surface area contributed by atoms with Crippen molar-refractivity contribution in [2.45, 2.75) is 78.3 Å². The first-order valence-electron chi connectivity index (χ1n) is 10.7. The van der Waals surface area contributed by atoms with E-state index >= 15 is 0 Å². The highest BCUT2D eigenvalue weighted by atomic mass is 31.2. The second-order valence-corrected chi connectivity index (χ2v) is 13.9. The number of rotatable bonds is 6. The normalized spacial score (nSPS) is 14.1. The van der Waals surface area contributed by atoms with Gasteiger partial charge in [0.05, 0.1) is 7.14 Å². The van der Waals surface area contributed by atoms with Crippen molar-refractivity contribution in [1.29, 1.82) is 0 Å². The molecule has 0 radical (unpaired) electrons. The van der Waals surface area contributed by atoms with Gasteiger partial charge in [-0.25, -0.2) is 0 Å². The van der Waals surface area contributed by atoms with Crippen LogP contribution in [0.2, 0.25) is 0 Å². The molecule has 4 heteroatoms. The van der Waals surface area contributed by atoms with E-state index in [9.17, 15) is 9.67 Å². The monoisotopic (exact) mass is 415 g/mol. The Hall–Kier alpha value is -1.60. The van der Waals surface area contributed by atoms with Gasteiger partial charge in [0.1, 0.15) is 5.75 Å². The van der Waals surface area contributed by atoms with Crippen molar-refractivity contribution in [3.63, 3.8) is 0 Å². The van der Waals surface area contributed by atoms with E-state index in [1.807, 2.05) is 26.1 Å². The molecule has 0 fully saturated rings. The molecule has 1 aromatic carbocycles. The molecule has 0 bridgehead atoms. The van der Waals surface area contributed by atoms with Crippen LogP contribution in [0.5, 0.6) is 5.75 Å². The van der Waals surface area contributed by atoms with E-state index in [0.29, 0.717) is 24.5 Å². The summed E-state index contributed by atoms with van der Waals surface area (Å²) in [5.74, 6) is 0.372. The highest BCUT2D eigenvalue weighted by molar-refractivity contribution is 7.64. The molecule has 0 aliphatic carbocycles. The van der Waals surface area contributed by atoms with Gasteiger partial charge in [0.25, 0.3) is 0 Å². The lowest BCUT2D eigenvalue weighted by Crippen LogP contribution is -2.19. The van der Waals surface area contributed by atoms with E-state index in [4.69, 9.17) is 0 Å². The van der Waals surface area contributed by atoms with E-state index in [1.165, 1.54) is 0 Å². The summed E-state index contributed by atoms with van der Waals surface area (Å²) in [5, 5.41) is 11.1. The molecule has 0 aliphatic rings. The first-order valence-corrected chi connectivity index (χ1v) is 12.8. The minimum Gasteiger partial charge on any atom is -0.507 e. The molecule has 0 amide bonds. The molecule has 0 aliphatic heterocycles. The highest BCUT2D eigenvalue weighted by Gasteiger charge is 2.34. The maximum absolute atomic E-state index is 14.0. The Kier molecular flexibility index (Phi) is 7.05. The van der Waals surface area contributed by atoms with Gasteiger partial charge in [-0.2, -0.15) is 0 Å². The molecule has 2 aromatic rings. The number of hydrogen-bond donors (Lipinski definition) is 1. The third kappa shape index (κ3) is 5.31. The first-order chi connectivity index (χ1) is 13.3. The number of aromatic nitrogens is 1. The molecule has 2 rings (SSSR count). The van der Waals surface area contributed by atoms with Gasteiger partial charge in [-0.3, -0.25) is 4.98 Å². The Balaban J connectivity index is 2.77. The van der Waals surface area contributed by atoms with Gasteiger partial charge in [-0.1, -0.05) is 73.6 Å². The lowest BCUT2D eigenvalue weighted by atomic mass is 9.78. The van der Waals surface area contributed by atoms with Crippen molar-refractivity contribution in [1.82, 2.24) is 4.98 Å². The van der Waals surface area contributed by atoms with Crippen LogP contribution < -0.4 is 0 Å². The summed E-state index contributed by atoms with van der Waals surface area (Å²) in [6.45, 7) is 16.8. The van der Waals surface area contributed by atoms with Gasteiger partial charge in [0.15, 0.2) is 0 Å². The third-order valence-corrected chi connectivity index (χ3v) is 9.68. The van der Waals surface area contributed by atoms with Crippen molar-refractivity contribution < 1.29 is 9.67 Å². The largest absolute Gasteiger partial charge is 0.507 e. The average Bonchev–Trinajstić information content (AvgIpc) is 2.65. The van der Waals surface area contributed by atoms with Crippen molar-refractivity contribution in [3.05, 3.63) is 58.9 Å². The summed E-state index contributed by atoms with van der Waals surface area (Å²) < 4.78 is 14.0. The summed E-state index contributed by atoms with van der Waals surface area (Å²) in [5.41, 5.74) is 3.54. The summed E-state index contributed by atoms with van der Waals surface area (Å²) in [4.78, 5) is 4.26. The van der Waals surface area contributed by atoms with Crippen molar-refractivity contribution in [3.8, 4) is 5.75 Å². The van der Waals surface area contributed by atoms with E-state index < -0.39 is 7.14 Å². The van der Waals surface area contributed by atoms with Crippen molar-refractivity contribution >= 4 is 7.14 Å². The molecule has 3 nitrogen and oxygen atoms in total. The molecule has 1 atom stereocenters. The van der Waals surface area contributed by atoms with Crippen LogP contribution in [0.3, 0.4) is 0 Å². The highest BCUT2D eigenvalue weighted by Crippen LogP contribution is 2.60. The van der Waals surface area contributed by atoms with Gasteiger partial charge in [-0.05, 0) is 57.9 Å². The van der Waals surface area contributed by atoms with Crippen LogP contribution in [-0.2, 0) is 21.8 Å². The van der Waals surface area contributed by atoms with Crippen LogP contribution in [0.15, 0.2) is 36.7 Å². The molecule has 29 heavy (non-hydrogen) atoms. The first kappa shape index (κ1) is 23.7. The Morgan fingerprint density at radius 2 is 1.52 bits per heavy atom. The van der Waals surface area contributed by atoms with Crippen LogP contribution in [0.4, 0.5) is 0 Å². The number of pyridine rings is 1. The number of phenolic OH excluding ortho intramolecular Hbond substituents is 1. The van der Waals surface area contributed by atoms with E-state index in [1.54, 1.807) is 6.20 Å². The fourth-order valence-corrected chi connectivity index (χ4v) is 6.52. The molecule has 160 valence electrons. The molecular weight excluding hydrogens is 377 g/mol. The number of benzene rings is 1. The van der Waals surface area contributed by atoms with Gasteiger partial charge in [-0.15, -0.1) is 0 Å². The summed E-state index contributed by atoms with van der Waals surface area (Å²) in [7, 11) is -2.45. The zero-order valence-electron chi connectivity index (χ0n) is 19.4. The number of aromatic hydroxyl groups is 1. The molecule has 0 spiro atoms. The SMILES string of the molecule is CCP(=O)(CC)C(Cc1cccnc1)c1cc(C(C)(C)C)c(O)c(C(C)(C)C)c1. The maximum atomic E-state index is 14.0. The third-order valence-electron chi connectivity index (χ3n) is 5.92. The smallest absolute Gasteiger partial charge is 0.123 e. The summed E-state index contributed by atoms with van der Waals surface area (Å²) in [6.07, 6.45) is 5.69. The number of phenols is 1. The standard InChI is InChI=1S/C25H38NO2P/c1-9-29(28,10-2)22(14-18-12-11-13-26-17-18)19-15-20(24(3,4)5)23(27)21(16-19)25(6,7)8/h11-13,15-17,22,27H,9-10,14H2,1-8H3. The fraction of sp³-hybridized carbons (Fsp3) is 0.560. The topological polar surface area (TPSA) is 50.2 Å². The molecule has 1 heterocycles. The predicted molar refractivity (Wildman–Crippen MR) is 125 cm³/mol. The van der Waals surface area contributed by atoms with E-state index in [0.717, 1.165) is 22.3 Å². The van der Waals surface area contributed by atoms with Gasteiger partial charge < -0.3 is 9.67 Å². The molecular formula is C25H38NO2P. The van der Waals surface area contributed by atoms with E-state index in [-0.39, 0.29) is 16.5 Å². The Morgan fingerprint density at radius 1 is 1.00 bits per heavy atom. The van der Waals surface area contributed by atoms with Crippen LogP contribution in [0, 0.1) is 0 Å². The predicted octanol–water partition coefficient (Wildman–Crippen LogP) is 7.07. The lowest BCUT2D eigenvalue weighted by Gasteiger charge is -2.32. The minimum atomic E-state index is -2.45. The Labute approximate surface area is 177 Å². The van der Waals surface area contributed by atoms with Gasteiger partial charge in [0, 0.05) is 18.1 Å². The number of hydrogen-bond acceptors (Lipinski definition) is 3. The second-order valence-electron chi connectivity index (χ2n) is 10.1. The van der Waals surface area contributed by atoms with Gasteiger partial charge >= 0.3 is 0 Å². The van der Waals surface area contributed by atoms with E-state index in [2.05, 4.69) is 64.7 Å².